The molecule has 0 fully saturated rings. The van der Waals surface area contributed by atoms with Crippen molar-refractivity contribution in [3.63, 3.8) is 0 Å². The summed E-state index contributed by atoms with van der Waals surface area (Å²) in [6.07, 6.45) is 2.14. The van der Waals surface area contributed by atoms with E-state index in [9.17, 15) is 5.11 Å². The molecule has 0 bridgehead atoms. The van der Waals surface area contributed by atoms with Crippen LogP contribution in [0.5, 0.6) is 0 Å². The fourth-order valence-corrected chi connectivity index (χ4v) is 3.10. The first-order valence-electron chi connectivity index (χ1n) is 7.35. The average Bonchev–Trinajstić information content (AvgIpc) is 2.87. The Morgan fingerprint density at radius 2 is 1.67 bits per heavy atom. The lowest BCUT2D eigenvalue weighted by Gasteiger charge is -2.14. The number of aliphatic hydroxyl groups is 1. The van der Waals surface area contributed by atoms with Crippen molar-refractivity contribution >= 4 is 10.9 Å². The van der Waals surface area contributed by atoms with Gasteiger partial charge in [-0.15, -0.1) is 0 Å². The molecule has 0 atom stereocenters. The normalized spacial score (nSPS) is 11.2. The summed E-state index contributed by atoms with van der Waals surface area (Å²) < 4.78 is 2.29. The molecule has 0 radical (unpaired) electrons. The summed E-state index contributed by atoms with van der Waals surface area (Å²) >= 11 is 0. The van der Waals surface area contributed by atoms with Gasteiger partial charge in [-0.1, -0.05) is 30.3 Å². The molecular weight excluding hydrogens is 258 g/mol. The number of benzene rings is 2. The zero-order chi connectivity index (χ0) is 15.0. The van der Waals surface area contributed by atoms with Crippen LogP contribution in [0.15, 0.2) is 42.6 Å². The highest BCUT2D eigenvalue weighted by Gasteiger charge is 2.10. The first-order chi connectivity index (χ1) is 10.1. The van der Waals surface area contributed by atoms with E-state index in [4.69, 9.17) is 0 Å². The van der Waals surface area contributed by atoms with E-state index in [0.717, 1.165) is 12.1 Å². The number of rotatable bonds is 3. The van der Waals surface area contributed by atoms with E-state index in [0.29, 0.717) is 0 Å². The van der Waals surface area contributed by atoms with Crippen molar-refractivity contribution in [3.05, 3.63) is 70.4 Å². The van der Waals surface area contributed by atoms with Crippen LogP contribution in [0.25, 0.3) is 10.9 Å². The van der Waals surface area contributed by atoms with E-state index in [-0.39, 0.29) is 6.61 Å². The molecular formula is C19H21NO. The Bertz CT molecular complexity index is 778. The van der Waals surface area contributed by atoms with Crippen LogP contribution in [0.1, 0.15) is 27.8 Å². The Hall–Kier alpha value is -2.06. The number of nitrogens with zero attached hydrogens (tertiary/aromatic N) is 1. The lowest BCUT2D eigenvalue weighted by atomic mass is 10.0. The molecule has 0 saturated heterocycles. The second-order valence-corrected chi connectivity index (χ2v) is 5.76. The third-order valence-electron chi connectivity index (χ3n) is 4.44. The summed E-state index contributed by atoms with van der Waals surface area (Å²) in [6.45, 7) is 7.39. The maximum atomic E-state index is 9.47. The van der Waals surface area contributed by atoms with Crippen LogP contribution < -0.4 is 0 Å². The van der Waals surface area contributed by atoms with Gasteiger partial charge in [0.25, 0.3) is 0 Å². The topological polar surface area (TPSA) is 25.2 Å². The van der Waals surface area contributed by atoms with Crippen LogP contribution in [-0.2, 0) is 13.2 Å². The van der Waals surface area contributed by atoms with E-state index in [1.807, 2.05) is 6.07 Å². The van der Waals surface area contributed by atoms with E-state index in [1.165, 1.54) is 33.2 Å². The molecule has 3 rings (SSSR count). The van der Waals surface area contributed by atoms with E-state index < -0.39 is 0 Å². The van der Waals surface area contributed by atoms with Crippen molar-refractivity contribution in [2.24, 2.45) is 0 Å². The van der Waals surface area contributed by atoms with Crippen LogP contribution in [-0.4, -0.2) is 9.67 Å². The first-order valence-corrected chi connectivity index (χ1v) is 7.35. The zero-order valence-corrected chi connectivity index (χ0v) is 12.9. The van der Waals surface area contributed by atoms with Gasteiger partial charge in [0, 0.05) is 12.7 Å². The van der Waals surface area contributed by atoms with Crippen molar-refractivity contribution in [2.45, 2.75) is 33.9 Å². The van der Waals surface area contributed by atoms with Crippen molar-refractivity contribution in [3.8, 4) is 0 Å². The fourth-order valence-electron chi connectivity index (χ4n) is 3.10. The molecule has 1 heterocycles. The Morgan fingerprint density at radius 1 is 0.952 bits per heavy atom. The molecule has 0 amide bonds. The van der Waals surface area contributed by atoms with Gasteiger partial charge in [0.05, 0.1) is 12.1 Å². The third kappa shape index (κ3) is 2.36. The van der Waals surface area contributed by atoms with Gasteiger partial charge in [-0.05, 0) is 60.0 Å². The molecule has 21 heavy (non-hydrogen) atoms. The maximum Gasteiger partial charge on any atom is 0.0685 e. The predicted octanol–water partition coefficient (Wildman–Crippen LogP) is 4.11. The number of fused-ring (bicyclic) bond motifs is 1. The van der Waals surface area contributed by atoms with Gasteiger partial charge in [0.1, 0.15) is 0 Å². The summed E-state index contributed by atoms with van der Waals surface area (Å²) in [7, 11) is 0. The molecule has 108 valence electrons. The Labute approximate surface area is 125 Å². The van der Waals surface area contributed by atoms with Gasteiger partial charge in [0.15, 0.2) is 0 Å². The lowest BCUT2D eigenvalue weighted by Crippen LogP contribution is -2.04. The Kier molecular flexibility index (Phi) is 3.56. The average molecular weight is 279 g/mol. The molecule has 0 unspecified atom stereocenters. The van der Waals surface area contributed by atoms with Crippen LogP contribution in [0, 0.1) is 20.8 Å². The molecule has 0 saturated carbocycles. The van der Waals surface area contributed by atoms with E-state index >= 15 is 0 Å². The largest absolute Gasteiger partial charge is 0.392 e. The number of aromatic nitrogens is 1. The first kappa shape index (κ1) is 13.9. The van der Waals surface area contributed by atoms with Gasteiger partial charge in [-0.2, -0.15) is 0 Å². The lowest BCUT2D eigenvalue weighted by molar-refractivity contribution is 0.281. The predicted molar refractivity (Wildman–Crippen MR) is 87.6 cm³/mol. The molecule has 2 aromatic carbocycles. The third-order valence-corrected chi connectivity index (χ3v) is 4.44. The van der Waals surface area contributed by atoms with Crippen molar-refractivity contribution in [2.75, 3.05) is 0 Å². The van der Waals surface area contributed by atoms with Gasteiger partial charge in [0.2, 0.25) is 0 Å². The number of hydrogen-bond donors (Lipinski definition) is 1. The monoisotopic (exact) mass is 279 g/mol. The van der Waals surface area contributed by atoms with E-state index in [2.05, 4.69) is 61.9 Å². The van der Waals surface area contributed by atoms with Crippen LogP contribution in [0.4, 0.5) is 0 Å². The molecule has 1 N–H and O–H groups in total. The maximum absolute atomic E-state index is 9.47. The molecule has 0 aliphatic rings. The van der Waals surface area contributed by atoms with Crippen LogP contribution in [0.3, 0.4) is 0 Å². The van der Waals surface area contributed by atoms with Crippen molar-refractivity contribution in [1.82, 2.24) is 4.57 Å². The zero-order valence-electron chi connectivity index (χ0n) is 12.9. The number of hydrogen-bond acceptors (Lipinski definition) is 1. The van der Waals surface area contributed by atoms with Crippen molar-refractivity contribution in [1.29, 1.82) is 0 Å². The van der Waals surface area contributed by atoms with Gasteiger partial charge in [-0.25, -0.2) is 0 Å². The van der Waals surface area contributed by atoms with Crippen molar-refractivity contribution < 1.29 is 5.11 Å². The molecule has 0 aliphatic heterocycles. The molecule has 2 nitrogen and oxygen atoms in total. The highest BCUT2D eigenvalue weighted by molar-refractivity contribution is 5.84. The van der Waals surface area contributed by atoms with Crippen LogP contribution in [0.2, 0.25) is 0 Å². The summed E-state index contributed by atoms with van der Waals surface area (Å²) in [5.41, 5.74) is 7.43. The summed E-state index contributed by atoms with van der Waals surface area (Å²) in [5, 5.41) is 10.7. The van der Waals surface area contributed by atoms with Crippen LogP contribution >= 0.6 is 0 Å². The quantitative estimate of drug-likeness (QED) is 0.767. The fraction of sp³-hybridized carbons (Fsp3) is 0.263. The summed E-state index contributed by atoms with van der Waals surface area (Å²) in [6, 6.07) is 12.7. The highest BCUT2D eigenvalue weighted by atomic mass is 16.3. The second kappa shape index (κ2) is 5.38. The standard InChI is InChI=1S/C19H21NO/c1-13-5-4-6-14(2)18(13)11-20-10-9-16-7-8-17(12-21)15(3)19(16)20/h4-10,21H,11-12H2,1-3H3. The minimum Gasteiger partial charge on any atom is -0.392 e. The molecule has 0 spiro atoms. The second-order valence-electron chi connectivity index (χ2n) is 5.76. The molecule has 1 aromatic heterocycles. The summed E-state index contributed by atoms with van der Waals surface area (Å²) in [5.74, 6) is 0. The van der Waals surface area contributed by atoms with Gasteiger partial charge >= 0.3 is 0 Å². The molecule has 0 aliphatic carbocycles. The van der Waals surface area contributed by atoms with Gasteiger partial charge in [-0.3, -0.25) is 0 Å². The van der Waals surface area contributed by atoms with E-state index in [1.54, 1.807) is 0 Å². The SMILES string of the molecule is Cc1cccc(C)c1Cn1ccc2ccc(CO)c(C)c21. The minimum absolute atomic E-state index is 0.0936. The Morgan fingerprint density at radius 3 is 2.33 bits per heavy atom. The molecule has 3 aromatic rings. The Balaban J connectivity index is 2.13. The smallest absolute Gasteiger partial charge is 0.0685 e. The minimum atomic E-state index is 0.0936. The number of aryl methyl sites for hydroxylation is 3. The highest BCUT2D eigenvalue weighted by Crippen LogP contribution is 2.25. The molecule has 2 heteroatoms. The number of aliphatic hydroxyl groups excluding tert-OH is 1. The van der Waals surface area contributed by atoms with Gasteiger partial charge < -0.3 is 9.67 Å². The summed E-state index contributed by atoms with van der Waals surface area (Å²) in [4.78, 5) is 0.